The van der Waals surface area contributed by atoms with E-state index in [4.69, 9.17) is 0 Å². The molecule has 4 heteroatoms. The van der Waals surface area contributed by atoms with Crippen LogP contribution in [-0.4, -0.2) is 9.97 Å². The molecule has 1 aromatic heterocycles. The molecule has 0 saturated heterocycles. The molecule has 2 N–H and O–H groups in total. The standard InChI is InChI=1S/C3H3BrN2O/c4-2-1-5-3(7)6-2/h1H,(H2,5,6,7). The van der Waals surface area contributed by atoms with Crippen molar-refractivity contribution in [1.82, 2.24) is 9.97 Å². The van der Waals surface area contributed by atoms with Gasteiger partial charge < -0.3 is 9.97 Å². The zero-order chi connectivity index (χ0) is 5.28. The van der Waals surface area contributed by atoms with Crippen LogP contribution in [0.3, 0.4) is 0 Å². The first-order valence-corrected chi connectivity index (χ1v) is 2.51. The summed E-state index contributed by atoms with van der Waals surface area (Å²) in [5.41, 5.74) is -0.188. The van der Waals surface area contributed by atoms with E-state index in [-0.39, 0.29) is 5.69 Å². The van der Waals surface area contributed by atoms with Crippen LogP contribution in [0.4, 0.5) is 0 Å². The predicted molar refractivity (Wildman–Crippen MR) is 29.1 cm³/mol. The monoisotopic (exact) mass is 162 g/mol. The molecule has 0 aliphatic carbocycles. The van der Waals surface area contributed by atoms with Gasteiger partial charge in [0.15, 0.2) is 0 Å². The summed E-state index contributed by atoms with van der Waals surface area (Å²) in [7, 11) is 0. The maximum absolute atomic E-state index is 10.1. The summed E-state index contributed by atoms with van der Waals surface area (Å²) in [5.74, 6) is 0. The fraction of sp³-hybridized carbons (Fsp3) is 0. The fourth-order valence-corrected chi connectivity index (χ4v) is 0.604. The van der Waals surface area contributed by atoms with Crippen molar-refractivity contribution >= 4 is 15.9 Å². The Bertz CT molecular complexity index is 201. The Hall–Kier alpha value is -0.510. The third-order valence-corrected chi connectivity index (χ3v) is 0.990. The highest BCUT2D eigenvalue weighted by molar-refractivity contribution is 9.10. The van der Waals surface area contributed by atoms with Crippen molar-refractivity contribution in [2.75, 3.05) is 0 Å². The van der Waals surface area contributed by atoms with Crippen LogP contribution in [0.25, 0.3) is 0 Å². The van der Waals surface area contributed by atoms with Crippen molar-refractivity contribution in [1.29, 1.82) is 0 Å². The van der Waals surface area contributed by atoms with Crippen molar-refractivity contribution in [2.45, 2.75) is 0 Å². The van der Waals surface area contributed by atoms with Crippen molar-refractivity contribution in [3.05, 3.63) is 21.3 Å². The molecule has 0 unspecified atom stereocenters. The lowest BCUT2D eigenvalue weighted by Gasteiger charge is -1.64. The highest BCUT2D eigenvalue weighted by atomic mass is 79.9. The van der Waals surface area contributed by atoms with Crippen molar-refractivity contribution in [3.63, 3.8) is 0 Å². The van der Waals surface area contributed by atoms with E-state index < -0.39 is 0 Å². The quantitative estimate of drug-likeness (QED) is 0.573. The third-order valence-electron chi connectivity index (χ3n) is 0.563. The summed E-state index contributed by atoms with van der Waals surface area (Å²) in [5, 5.41) is 0. The number of hydrogen-bond acceptors (Lipinski definition) is 1. The van der Waals surface area contributed by atoms with Gasteiger partial charge in [-0.05, 0) is 15.9 Å². The average Bonchev–Trinajstić information content (AvgIpc) is 1.87. The SMILES string of the molecule is O=c1[nH]cc(Br)[nH]1. The largest absolute Gasteiger partial charge is 0.323 e. The molecule has 7 heavy (non-hydrogen) atoms. The maximum atomic E-state index is 10.1. The second-order valence-corrected chi connectivity index (χ2v) is 1.95. The van der Waals surface area contributed by atoms with Crippen LogP contribution in [0.2, 0.25) is 0 Å². The molecule has 0 radical (unpaired) electrons. The first-order valence-electron chi connectivity index (χ1n) is 1.72. The Morgan fingerprint density at radius 3 is 2.57 bits per heavy atom. The Morgan fingerprint density at radius 1 is 1.71 bits per heavy atom. The molecule has 0 atom stereocenters. The van der Waals surface area contributed by atoms with Gasteiger partial charge in [-0.2, -0.15) is 0 Å². The maximum Gasteiger partial charge on any atom is 0.323 e. The van der Waals surface area contributed by atoms with Crippen LogP contribution in [0.5, 0.6) is 0 Å². The van der Waals surface area contributed by atoms with E-state index in [9.17, 15) is 4.79 Å². The smallest absolute Gasteiger partial charge is 0.312 e. The average molecular weight is 163 g/mol. The summed E-state index contributed by atoms with van der Waals surface area (Å²) in [4.78, 5) is 15.0. The Labute approximate surface area is 47.9 Å². The second-order valence-electron chi connectivity index (χ2n) is 1.09. The topological polar surface area (TPSA) is 48.6 Å². The molecule has 3 nitrogen and oxygen atoms in total. The van der Waals surface area contributed by atoms with E-state index in [2.05, 4.69) is 25.9 Å². The number of nitrogens with one attached hydrogen (secondary N) is 2. The van der Waals surface area contributed by atoms with Crippen LogP contribution < -0.4 is 5.69 Å². The summed E-state index contributed by atoms with van der Waals surface area (Å²) < 4.78 is 0.678. The lowest BCUT2D eigenvalue weighted by Crippen LogP contribution is -1.99. The normalized spacial score (nSPS) is 9.29. The van der Waals surface area contributed by atoms with E-state index in [1.54, 1.807) is 6.20 Å². The number of halogens is 1. The molecule has 0 bridgehead atoms. The molecule has 0 aliphatic heterocycles. The molecule has 1 aromatic rings. The van der Waals surface area contributed by atoms with Gasteiger partial charge >= 0.3 is 5.69 Å². The Balaban J connectivity index is 3.30. The highest BCUT2D eigenvalue weighted by Gasteiger charge is 1.83. The molecule has 0 spiro atoms. The van der Waals surface area contributed by atoms with Gasteiger partial charge in [-0.15, -0.1) is 0 Å². The number of H-pyrrole nitrogens is 2. The van der Waals surface area contributed by atoms with Gasteiger partial charge in [0.25, 0.3) is 0 Å². The van der Waals surface area contributed by atoms with E-state index in [1.165, 1.54) is 0 Å². The molecule has 0 fully saturated rings. The van der Waals surface area contributed by atoms with Crippen LogP contribution in [0.15, 0.2) is 15.6 Å². The lowest BCUT2D eigenvalue weighted by atomic mass is 11.0. The van der Waals surface area contributed by atoms with E-state index >= 15 is 0 Å². The molecule has 38 valence electrons. The van der Waals surface area contributed by atoms with Crippen LogP contribution in [0, 0.1) is 0 Å². The van der Waals surface area contributed by atoms with Crippen molar-refractivity contribution < 1.29 is 0 Å². The lowest BCUT2D eigenvalue weighted by molar-refractivity contribution is 1.18. The van der Waals surface area contributed by atoms with Gasteiger partial charge in [0.2, 0.25) is 0 Å². The Morgan fingerprint density at radius 2 is 2.43 bits per heavy atom. The van der Waals surface area contributed by atoms with Gasteiger partial charge in [0.1, 0.15) is 4.60 Å². The predicted octanol–water partition coefficient (Wildman–Crippen LogP) is 0.466. The summed E-state index contributed by atoms with van der Waals surface area (Å²) in [6.07, 6.45) is 1.54. The minimum Gasteiger partial charge on any atom is -0.312 e. The minimum atomic E-state index is -0.188. The molecule has 0 aliphatic rings. The summed E-state index contributed by atoms with van der Waals surface area (Å²) in [6.45, 7) is 0. The molecule has 1 rings (SSSR count). The fourth-order valence-electron chi connectivity index (χ4n) is 0.310. The molecular formula is C3H3BrN2O. The van der Waals surface area contributed by atoms with Gasteiger partial charge in [0.05, 0.1) is 0 Å². The minimum absolute atomic E-state index is 0.188. The van der Waals surface area contributed by atoms with Crippen LogP contribution in [0.1, 0.15) is 0 Å². The van der Waals surface area contributed by atoms with E-state index in [0.29, 0.717) is 4.60 Å². The molecule has 0 aromatic carbocycles. The first kappa shape index (κ1) is 4.64. The van der Waals surface area contributed by atoms with Crippen molar-refractivity contribution in [2.24, 2.45) is 0 Å². The number of rotatable bonds is 0. The first-order chi connectivity index (χ1) is 3.29. The summed E-state index contributed by atoms with van der Waals surface area (Å²) >= 11 is 3.05. The molecule has 1 heterocycles. The zero-order valence-electron chi connectivity index (χ0n) is 3.36. The summed E-state index contributed by atoms with van der Waals surface area (Å²) in [6, 6.07) is 0. The van der Waals surface area contributed by atoms with Crippen LogP contribution >= 0.6 is 15.9 Å². The number of imidazole rings is 1. The molecular weight excluding hydrogens is 160 g/mol. The van der Waals surface area contributed by atoms with Crippen molar-refractivity contribution in [3.8, 4) is 0 Å². The van der Waals surface area contributed by atoms with Gasteiger partial charge in [-0.3, -0.25) is 0 Å². The number of aromatic nitrogens is 2. The highest BCUT2D eigenvalue weighted by Crippen LogP contribution is 1.95. The van der Waals surface area contributed by atoms with E-state index in [1.807, 2.05) is 0 Å². The molecule has 0 saturated carbocycles. The van der Waals surface area contributed by atoms with Crippen LogP contribution in [-0.2, 0) is 0 Å². The Kier molecular flexibility index (Phi) is 1.02. The van der Waals surface area contributed by atoms with E-state index in [0.717, 1.165) is 0 Å². The number of hydrogen-bond donors (Lipinski definition) is 2. The third kappa shape index (κ3) is 0.928. The molecule has 0 amide bonds. The van der Waals surface area contributed by atoms with Gasteiger partial charge in [-0.25, -0.2) is 4.79 Å². The zero-order valence-corrected chi connectivity index (χ0v) is 4.95. The second kappa shape index (κ2) is 1.54. The number of aromatic amines is 2. The van der Waals surface area contributed by atoms with Gasteiger partial charge in [-0.1, -0.05) is 0 Å². The van der Waals surface area contributed by atoms with Gasteiger partial charge in [0, 0.05) is 6.20 Å².